The van der Waals surface area contributed by atoms with E-state index in [1.807, 2.05) is 62.3 Å². The van der Waals surface area contributed by atoms with Crippen LogP contribution in [0.25, 0.3) is 0 Å². The molecule has 0 saturated carbocycles. The van der Waals surface area contributed by atoms with Crippen LogP contribution in [-0.2, 0) is 0 Å². The van der Waals surface area contributed by atoms with Crippen LogP contribution in [0.3, 0.4) is 0 Å². The first-order valence-corrected chi connectivity index (χ1v) is 6.53. The zero-order valence-electron chi connectivity index (χ0n) is 11.3. The second kappa shape index (κ2) is 6.75. The molecule has 1 atom stereocenters. The molecule has 1 aromatic carbocycles. The van der Waals surface area contributed by atoms with Crippen molar-refractivity contribution in [2.75, 3.05) is 34.7 Å². The average Bonchev–Trinajstić information content (AvgIpc) is 2.28. The molecule has 5 heteroatoms. The third-order valence-corrected chi connectivity index (χ3v) is 2.93. The number of aliphatic imine (C=N–C) groups is 1. The van der Waals surface area contributed by atoms with Gasteiger partial charge >= 0.3 is 0 Å². The summed E-state index contributed by atoms with van der Waals surface area (Å²) in [5, 5.41) is 10.1. The Bertz CT molecular complexity index is 408. The number of aliphatic hydroxyl groups is 1. The number of hydrogen-bond acceptors (Lipinski definition) is 2. The van der Waals surface area contributed by atoms with Gasteiger partial charge in [-0.3, -0.25) is 0 Å². The van der Waals surface area contributed by atoms with Crippen molar-refractivity contribution in [3.8, 4) is 0 Å². The normalized spacial score (nSPS) is 11.9. The van der Waals surface area contributed by atoms with E-state index in [4.69, 9.17) is 0 Å². The maximum Gasteiger partial charge on any atom is 0.195 e. The molecule has 0 fully saturated rings. The highest BCUT2D eigenvalue weighted by Crippen LogP contribution is 2.18. The molecule has 1 rings (SSSR count). The third kappa shape index (κ3) is 4.31. The minimum Gasteiger partial charge on any atom is -0.386 e. The van der Waals surface area contributed by atoms with Crippen LogP contribution >= 0.6 is 15.9 Å². The molecule has 0 unspecified atom stereocenters. The number of nitrogens with zero attached hydrogens (tertiary/aromatic N) is 3. The van der Waals surface area contributed by atoms with Crippen molar-refractivity contribution in [2.45, 2.75) is 6.10 Å². The Kier molecular flexibility index (Phi) is 5.62. The van der Waals surface area contributed by atoms with Crippen LogP contribution < -0.4 is 0 Å². The standard InChI is InChI=1S/C13H20BrN3O/c1-16(2)13(17(3)4)15-9-12(18)10-6-5-7-11(14)8-10/h5-8,12,18H,9H2,1-4H3/t12-/m0/s1. The van der Waals surface area contributed by atoms with Gasteiger partial charge in [-0.2, -0.15) is 0 Å². The zero-order valence-corrected chi connectivity index (χ0v) is 12.8. The molecule has 1 N–H and O–H groups in total. The van der Waals surface area contributed by atoms with Crippen molar-refractivity contribution in [1.29, 1.82) is 0 Å². The first-order valence-electron chi connectivity index (χ1n) is 5.74. The zero-order chi connectivity index (χ0) is 13.7. The van der Waals surface area contributed by atoms with Crippen molar-refractivity contribution in [3.63, 3.8) is 0 Å². The Balaban J connectivity index is 2.75. The van der Waals surface area contributed by atoms with Gasteiger partial charge in [0.25, 0.3) is 0 Å². The first-order chi connectivity index (χ1) is 8.41. The fourth-order valence-corrected chi connectivity index (χ4v) is 2.09. The number of guanidine groups is 1. The van der Waals surface area contributed by atoms with Crippen LogP contribution in [0, 0.1) is 0 Å². The summed E-state index contributed by atoms with van der Waals surface area (Å²) in [7, 11) is 7.74. The molecule has 1 aromatic rings. The van der Waals surface area contributed by atoms with Gasteiger partial charge in [-0.05, 0) is 17.7 Å². The highest BCUT2D eigenvalue weighted by molar-refractivity contribution is 9.10. The molecule has 4 nitrogen and oxygen atoms in total. The summed E-state index contributed by atoms with van der Waals surface area (Å²) < 4.78 is 0.962. The summed E-state index contributed by atoms with van der Waals surface area (Å²) in [6.07, 6.45) is -0.586. The first kappa shape index (κ1) is 15.0. The van der Waals surface area contributed by atoms with Gasteiger partial charge in [0, 0.05) is 32.7 Å². The molecule has 0 aliphatic heterocycles. The highest BCUT2D eigenvalue weighted by atomic mass is 79.9. The van der Waals surface area contributed by atoms with E-state index in [9.17, 15) is 5.11 Å². The van der Waals surface area contributed by atoms with Crippen LogP contribution in [0.4, 0.5) is 0 Å². The maximum atomic E-state index is 10.1. The lowest BCUT2D eigenvalue weighted by molar-refractivity contribution is 0.186. The molecule has 0 aliphatic rings. The van der Waals surface area contributed by atoms with Gasteiger partial charge < -0.3 is 14.9 Å². The topological polar surface area (TPSA) is 39.1 Å². The van der Waals surface area contributed by atoms with E-state index in [2.05, 4.69) is 20.9 Å². The lowest BCUT2D eigenvalue weighted by Crippen LogP contribution is -2.35. The number of halogens is 1. The van der Waals surface area contributed by atoms with Gasteiger partial charge in [0.15, 0.2) is 5.96 Å². The monoisotopic (exact) mass is 313 g/mol. The minimum atomic E-state index is -0.586. The van der Waals surface area contributed by atoms with E-state index in [1.54, 1.807) is 0 Å². The van der Waals surface area contributed by atoms with E-state index >= 15 is 0 Å². The summed E-state index contributed by atoms with van der Waals surface area (Å²) in [5.41, 5.74) is 0.866. The van der Waals surface area contributed by atoms with E-state index in [0.29, 0.717) is 6.54 Å². The maximum absolute atomic E-state index is 10.1. The molecule has 100 valence electrons. The fourth-order valence-electron chi connectivity index (χ4n) is 1.67. The Labute approximate surface area is 117 Å². The molecular weight excluding hydrogens is 294 g/mol. The van der Waals surface area contributed by atoms with E-state index in [0.717, 1.165) is 16.0 Å². The minimum absolute atomic E-state index is 0.349. The molecule has 0 aromatic heterocycles. The van der Waals surface area contributed by atoms with Crippen molar-refractivity contribution in [3.05, 3.63) is 34.3 Å². The van der Waals surface area contributed by atoms with Gasteiger partial charge in [0.05, 0.1) is 12.6 Å². The number of aliphatic hydroxyl groups excluding tert-OH is 1. The van der Waals surface area contributed by atoms with Gasteiger partial charge in [0.1, 0.15) is 0 Å². The van der Waals surface area contributed by atoms with Gasteiger partial charge in [-0.25, -0.2) is 4.99 Å². The fraction of sp³-hybridized carbons (Fsp3) is 0.462. The van der Waals surface area contributed by atoms with Crippen LogP contribution in [0.2, 0.25) is 0 Å². The largest absolute Gasteiger partial charge is 0.386 e. The van der Waals surface area contributed by atoms with Crippen LogP contribution in [0.5, 0.6) is 0 Å². The number of benzene rings is 1. The van der Waals surface area contributed by atoms with Gasteiger partial charge in [-0.1, -0.05) is 28.1 Å². The van der Waals surface area contributed by atoms with Crippen molar-refractivity contribution in [1.82, 2.24) is 9.80 Å². The second-order valence-corrected chi connectivity index (χ2v) is 5.42. The smallest absolute Gasteiger partial charge is 0.195 e. The van der Waals surface area contributed by atoms with E-state index in [1.165, 1.54) is 0 Å². The van der Waals surface area contributed by atoms with Crippen molar-refractivity contribution < 1.29 is 5.11 Å². The predicted molar refractivity (Wildman–Crippen MR) is 78.8 cm³/mol. The Morgan fingerprint density at radius 3 is 2.39 bits per heavy atom. The quantitative estimate of drug-likeness (QED) is 0.685. The average molecular weight is 314 g/mol. The van der Waals surface area contributed by atoms with E-state index in [-0.39, 0.29) is 0 Å². The summed E-state index contributed by atoms with van der Waals surface area (Å²) in [6.45, 7) is 0.349. The van der Waals surface area contributed by atoms with Crippen LogP contribution in [0.15, 0.2) is 33.7 Å². The van der Waals surface area contributed by atoms with E-state index < -0.39 is 6.10 Å². The van der Waals surface area contributed by atoms with Crippen LogP contribution in [-0.4, -0.2) is 55.6 Å². The molecule has 0 aliphatic carbocycles. The summed E-state index contributed by atoms with van der Waals surface area (Å²) in [4.78, 5) is 8.28. The predicted octanol–water partition coefficient (Wildman–Crippen LogP) is 1.96. The highest BCUT2D eigenvalue weighted by Gasteiger charge is 2.09. The second-order valence-electron chi connectivity index (χ2n) is 4.50. The van der Waals surface area contributed by atoms with Crippen LogP contribution in [0.1, 0.15) is 11.7 Å². The molecule has 0 spiro atoms. The van der Waals surface area contributed by atoms with Gasteiger partial charge in [0.2, 0.25) is 0 Å². The number of hydrogen-bond donors (Lipinski definition) is 1. The Morgan fingerprint density at radius 2 is 1.89 bits per heavy atom. The van der Waals surface area contributed by atoms with Crippen molar-refractivity contribution in [2.24, 2.45) is 4.99 Å². The summed E-state index contributed by atoms with van der Waals surface area (Å²) >= 11 is 3.39. The SMILES string of the molecule is CN(C)C(=NC[C@H](O)c1cccc(Br)c1)N(C)C. The summed E-state index contributed by atoms with van der Waals surface area (Å²) in [5.74, 6) is 0.837. The lowest BCUT2D eigenvalue weighted by atomic mass is 10.1. The Morgan fingerprint density at radius 1 is 1.28 bits per heavy atom. The molecular formula is C13H20BrN3O. The Hall–Kier alpha value is -1.07. The molecule has 0 amide bonds. The summed E-state index contributed by atoms with van der Waals surface area (Å²) in [6, 6.07) is 7.65. The van der Waals surface area contributed by atoms with Gasteiger partial charge in [-0.15, -0.1) is 0 Å². The molecule has 0 bridgehead atoms. The van der Waals surface area contributed by atoms with Crippen molar-refractivity contribution >= 4 is 21.9 Å². The number of rotatable bonds is 3. The lowest BCUT2D eigenvalue weighted by Gasteiger charge is -2.23. The molecule has 18 heavy (non-hydrogen) atoms. The molecule has 0 radical (unpaired) electrons. The third-order valence-electron chi connectivity index (χ3n) is 2.44. The molecule has 0 heterocycles. The molecule has 0 saturated heterocycles.